The van der Waals surface area contributed by atoms with Crippen LogP contribution in [0.15, 0.2) is 35.2 Å². The van der Waals surface area contributed by atoms with E-state index in [1.165, 1.54) is 11.8 Å². The lowest BCUT2D eigenvalue weighted by atomic mass is 10.4. The van der Waals surface area contributed by atoms with Gasteiger partial charge in [0.25, 0.3) is 5.91 Å². The Morgan fingerprint density at radius 1 is 1.31 bits per heavy atom. The predicted molar refractivity (Wildman–Crippen MR) is 63.1 cm³/mol. The van der Waals surface area contributed by atoms with Gasteiger partial charge < -0.3 is 4.74 Å². The molecule has 1 aromatic rings. The molecule has 0 atom stereocenters. The summed E-state index contributed by atoms with van der Waals surface area (Å²) in [5, 5.41) is 0. The van der Waals surface area contributed by atoms with E-state index < -0.39 is 0 Å². The molecule has 88 valence electrons. The molecule has 0 spiro atoms. The molecular weight excluding hydrogens is 226 g/mol. The smallest absolute Gasteiger partial charge is 0.253 e. The van der Waals surface area contributed by atoms with Crippen LogP contribution in [-0.2, 0) is 14.4 Å². The van der Waals surface area contributed by atoms with Gasteiger partial charge in [-0.3, -0.25) is 9.63 Å². The lowest BCUT2D eigenvalue weighted by molar-refractivity contribution is -0.131. The van der Waals surface area contributed by atoms with Gasteiger partial charge in [0.2, 0.25) is 0 Å². The molecule has 16 heavy (non-hydrogen) atoms. The van der Waals surface area contributed by atoms with E-state index in [0.29, 0.717) is 19.0 Å². The van der Waals surface area contributed by atoms with Crippen LogP contribution in [-0.4, -0.2) is 32.0 Å². The first-order chi connectivity index (χ1) is 7.83. The van der Waals surface area contributed by atoms with Gasteiger partial charge in [0, 0.05) is 12.0 Å². The van der Waals surface area contributed by atoms with Crippen molar-refractivity contribution in [1.82, 2.24) is 5.48 Å². The van der Waals surface area contributed by atoms with Crippen LogP contribution in [0.1, 0.15) is 0 Å². The molecular formula is C11H15NO3S. The minimum absolute atomic E-state index is 0.148. The van der Waals surface area contributed by atoms with Crippen molar-refractivity contribution in [2.24, 2.45) is 0 Å². The minimum Gasteiger partial charge on any atom is -0.382 e. The summed E-state index contributed by atoms with van der Waals surface area (Å²) in [6.07, 6.45) is 0. The lowest BCUT2D eigenvalue weighted by Gasteiger charge is -2.05. The first kappa shape index (κ1) is 13.0. The molecule has 1 aromatic carbocycles. The van der Waals surface area contributed by atoms with Crippen LogP contribution < -0.4 is 5.48 Å². The maximum atomic E-state index is 11.3. The van der Waals surface area contributed by atoms with Crippen LogP contribution in [0, 0.1) is 0 Å². The summed E-state index contributed by atoms with van der Waals surface area (Å²) in [6.45, 7) is 0.824. The van der Waals surface area contributed by atoms with Crippen LogP contribution in [0.2, 0.25) is 0 Å². The quantitative estimate of drug-likeness (QED) is 0.446. The van der Waals surface area contributed by atoms with Crippen LogP contribution in [0.4, 0.5) is 0 Å². The SMILES string of the molecule is COCCONC(=O)CSc1ccccc1. The molecule has 0 bridgehead atoms. The Bertz CT molecular complexity index is 305. The van der Waals surface area contributed by atoms with E-state index >= 15 is 0 Å². The van der Waals surface area contributed by atoms with E-state index in [2.05, 4.69) is 5.48 Å². The molecule has 0 unspecified atom stereocenters. The number of rotatable bonds is 7. The second-order valence-corrected chi connectivity index (χ2v) is 4.02. The van der Waals surface area contributed by atoms with Crippen molar-refractivity contribution in [3.8, 4) is 0 Å². The van der Waals surface area contributed by atoms with Crippen LogP contribution in [0.25, 0.3) is 0 Å². The summed E-state index contributed by atoms with van der Waals surface area (Å²) in [4.78, 5) is 17.2. The van der Waals surface area contributed by atoms with Gasteiger partial charge in [-0.1, -0.05) is 18.2 Å². The number of carbonyl (C=O) groups is 1. The molecule has 0 aromatic heterocycles. The fourth-order valence-electron chi connectivity index (χ4n) is 0.952. The van der Waals surface area contributed by atoms with Gasteiger partial charge in [-0.2, -0.15) is 0 Å². The van der Waals surface area contributed by atoms with Crippen molar-refractivity contribution in [3.63, 3.8) is 0 Å². The van der Waals surface area contributed by atoms with Crippen LogP contribution in [0.3, 0.4) is 0 Å². The van der Waals surface area contributed by atoms with Crippen molar-refractivity contribution in [2.45, 2.75) is 4.90 Å². The zero-order chi connectivity index (χ0) is 11.6. The first-order valence-corrected chi connectivity index (χ1v) is 5.89. The largest absolute Gasteiger partial charge is 0.382 e. The number of thioether (sulfide) groups is 1. The van der Waals surface area contributed by atoms with E-state index in [1.54, 1.807) is 7.11 Å². The molecule has 0 saturated heterocycles. The van der Waals surface area contributed by atoms with E-state index in [0.717, 1.165) is 4.90 Å². The summed E-state index contributed by atoms with van der Waals surface area (Å²) >= 11 is 1.47. The standard InChI is InChI=1S/C11H15NO3S/c1-14-7-8-15-12-11(13)9-16-10-5-3-2-4-6-10/h2-6H,7-9H2,1H3,(H,12,13). The monoisotopic (exact) mass is 241 g/mol. The van der Waals surface area contributed by atoms with Gasteiger partial charge in [0.15, 0.2) is 0 Å². The number of benzene rings is 1. The molecule has 5 heteroatoms. The number of amides is 1. The number of methoxy groups -OCH3 is 1. The third kappa shape index (κ3) is 5.75. The highest BCUT2D eigenvalue weighted by molar-refractivity contribution is 8.00. The van der Waals surface area contributed by atoms with Gasteiger partial charge >= 0.3 is 0 Å². The van der Waals surface area contributed by atoms with Crippen LogP contribution >= 0.6 is 11.8 Å². The Balaban J connectivity index is 2.11. The third-order valence-electron chi connectivity index (χ3n) is 1.69. The molecule has 0 aliphatic heterocycles. The van der Waals surface area contributed by atoms with Gasteiger partial charge in [-0.05, 0) is 12.1 Å². The molecule has 0 fully saturated rings. The Labute approximate surface area is 99.3 Å². The second kappa shape index (κ2) is 8.15. The van der Waals surface area contributed by atoms with Crippen molar-refractivity contribution in [1.29, 1.82) is 0 Å². The normalized spacial score (nSPS) is 10.1. The number of carbonyl (C=O) groups excluding carboxylic acids is 1. The van der Waals surface area contributed by atoms with E-state index in [9.17, 15) is 4.79 Å². The third-order valence-corrected chi connectivity index (χ3v) is 2.70. The maximum Gasteiger partial charge on any atom is 0.253 e. The lowest BCUT2D eigenvalue weighted by Crippen LogP contribution is -2.26. The molecule has 0 radical (unpaired) electrons. The molecule has 0 saturated carbocycles. The number of ether oxygens (including phenoxy) is 1. The molecule has 4 nitrogen and oxygen atoms in total. The van der Waals surface area contributed by atoms with E-state index in [-0.39, 0.29) is 5.91 Å². The average Bonchev–Trinajstić information content (AvgIpc) is 2.33. The number of nitrogens with one attached hydrogen (secondary N) is 1. The topological polar surface area (TPSA) is 47.6 Å². The predicted octanol–water partition coefficient (Wildman–Crippen LogP) is 1.47. The fraction of sp³-hybridized carbons (Fsp3) is 0.364. The van der Waals surface area contributed by atoms with Gasteiger partial charge in [-0.25, -0.2) is 5.48 Å². The second-order valence-electron chi connectivity index (χ2n) is 2.97. The summed E-state index contributed by atoms with van der Waals surface area (Å²) in [5.74, 6) is 0.196. The highest BCUT2D eigenvalue weighted by atomic mass is 32.2. The first-order valence-electron chi connectivity index (χ1n) is 4.90. The highest BCUT2D eigenvalue weighted by Crippen LogP contribution is 2.15. The molecule has 0 aliphatic carbocycles. The van der Waals surface area contributed by atoms with Gasteiger partial charge in [0.1, 0.15) is 0 Å². The fourth-order valence-corrected chi connectivity index (χ4v) is 1.66. The summed E-state index contributed by atoms with van der Waals surface area (Å²) in [6, 6.07) is 9.75. The van der Waals surface area contributed by atoms with Crippen molar-refractivity contribution < 1.29 is 14.4 Å². The molecule has 1 amide bonds. The zero-order valence-electron chi connectivity index (χ0n) is 9.14. The van der Waals surface area contributed by atoms with Crippen molar-refractivity contribution in [2.75, 3.05) is 26.1 Å². The minimum atomic E-state index is -0.148. The Hall–Kier alpha value is -1.04. The summed E-state index contributed by atoms with van der Waals surface area (Å²) in [7, 11) is 1.58. The number of hydroxylamine groups is 1. The Kier molecular flexibility index (Phi) is 6.64. The number of hydrogen-bond acceptors (Lipinski definition) is 4. The van der Waals surface area contributed by atoms with Gasteiger partial charge in [-0.15, -0.1) is 11.8 Å². The Morgan fingerprint density at radius 3 is 2.75 bits per heavy atom. The number of hydrogen-bond donors (Lipinski definition) is 1. The van der Waals surface area contributed by atoms with E-state index in [4.69, 9.17) is 9.57 Å². The van der Waals surface area contributed by atoms with E-state index in [1.807, 2.05) is 30.3 Å². The molecule has 1 N–H and O–H groups in total. The highest BCUT2D eigenvalue weighted by Gasteiger charge is 2.01. The average molecular weight is 241 g/mol. The van der Waals surface area contributed by atoms with Crippen molar-refractivity contribution in [3.05, 3.63) is 30.3 Å². The molecule has 0 aliphatic rings. The van der Waals surface area contributed by atoms with Gasteiger partial charge in [0.05, 0.1) is 19.0 Å². The van der Waals surface area contributed by atoms with Crippen molar-refractivity contribution >= 4 is 17.7 Å². The summed E-state index contributed by atoms with van der Waals surface area (Å²) < 4.78 is 4.77. The zero-order valence-corrected chi connectivity index (χ0v) is 9.96. The molecule has 1 rings (SSSR count). The maximum absolute atomic E-state index is 11.3. The summed E-state index contributed by atoms with van der Waals surface area (Å²) in [5.41, 5.74) is 2.35. The molecule has 0 heterocycles. The Morgan fingerprint density at radius 2 is 2.06 bits per heavy atom. The van der Waals surface area contributed by atoms with Crippen LogP contribution in [0.5, 0.6) is 0 Å².